The maximum absolute atomic E-state index is 12.0. The Kier molecular flexibility index (Phi) is 4.53. The summed E-state index contributed by atoms with van der Waals surface area (Å²) in [5.74, 6) is 0.690. The van der Waals surface area contributed by atoms with Crippen LogP contribution in [0, 0.1) is 17.2 Å². The number of anilines is 1. The number of para-hydroxylation sites is 1. The Morgan fingerprint density at radius 3 is 3.05 bits per heavy atom. The molecule has 0 aliphatic carbocycles. The summed E-state index contributed by atoms with van der Waals surface area (Å²) in [4.78, 5) is 13.4. The van der Waals surface area contributed by atoms with Gasteiger partial charge >= 0.3 is 0 Å². The fourth-order valence-electron chi connectivity index (χ4n) is 2.67. The maximum Gasteiger partial charge on any atom is 0.279 e. The second kappa shape index (κ2) is 6.35. The normalized spacial score (nSPS) is 22.5. The van der Waals surface area contributed by atoms with Gasteiger partial charge in [0.1, 0.15) is 6.07 Å². The highest BCUT2D eigenvalue weighted by Gasteiger charge is 2.22. The fourth-order valence-corrected chi connectivity index (χ4v) is 2.67. The number of nitrogens with one attached hydrogen (secondary N) is 2. The molecule has 0 radical (unpaired) electrons. The van der Waals surface area contributed by atoms with E-state index in [9.17, 15) is 4.79 Å². The van der Waals surface area contributed by atoms with Gasteiger partial charge in [-0.3, -0.25) is 4.79 Å². The first-order chi connectivity index (χ1) is 9.19. The molecule has 1 unspecified atom stereocenters. The monoisotopic (exact) mass is 258 g/mol. The Hall–Kier alpha value is -1.86. The molecule has 1 aliphatic heterocycles. The molecule has 1 aromatic carbocycles. The molecule has 0 bridgehead atoms. The van der Waals surface area contributed by atoms with E-state index in [4.69, 9.17) is 5.26 Å². The number of piperidine rings is 1. The van der Waals surface area contributed by atoms with Gasteiger partial charge < -0.3 is 10.2 Å². The molecule has 2 atom stereocenters. The van der Waals surface area contributed by atoms with Crippen LogP contribution in [-0.4, -0.2) is 25.5 Å². The second-order valence-corrected chi connectivity index (χ2v) is 5.33. The molecular weight excluding hydrogens is 238 g/mol. The largest absolute Gasteiger partial charge is 0.327 e. The SMILES string of the molecule is C[C@@H]1CCC[NH+](CC(=O)Nc2ccccc2C#N)C1. The summed E-state index contributed by atoms with van der Waals surface area (Å²) in [6.07, 6.45) is 2.46. The van der Waals surface area contributed by atoms with Crippen LogP contribution in [0.15, 0.2) is 24.3 Å². The second-order valence-electron chi connectivity index (χ2n) is 5.33. The van der Waals surface area contributed by atoms with Crippen molar-refractivity contribution in [2.75, 3.05) is 25.0 Å². The van der Waals surface area contributed by atoms with E-state index in [0.717, 1.165) is 13.1 Å². The molecule has 2 rings (SSSR count). The number of nitriles is 1. The minimum absolute atomic E-state index is 0.00759. The van der Waals surface area contributed by atoms with Gasteiger partial charge in [0.05, 0.1) is 24.3 Å². The first-order valence-electron chi connectivity index (χ1n) is 6.81. The number of rotatable bonds is 3. The highest BCUT2D eigenvalue weighted by Crippen LogP contribution is 2.13. The molecule has 1 aromatic rings. The Morgan fingerprint density at radius 2 is 2.32 bits per heavy atom. The molecule has 1 fully saturated rings. The first-order valence-corrected chi connectivity index (χ1v) is 6.81. The molecule has 0 saturated carbocycles. The van der Waals surface area contributed by atoms with E-state index in [-0.39, 0.29) is 5.91 Å². The summed E-state index contributed by atoms with van der Waals surface area (Å²) in [6.45, 7) is 4.86. The Bertz CT molecular complexity index is 492. The molecule has 1 heterocycles. The van der Waals surface area contributed by atoms with E-state index in [1.165, 1.54) is 17.7 Å². The molecule has 0 spiro atoms. The molecule has 1 saturated heterocycles. The first kappa shape index (κ1) is 13.6. The van der Waals surface area contributed by atoms with Gasteiger partial charge in [0.2, 0.25) is 0 Å². The van der Waals surface area contributed by atoms with Gasteiger partial charge in [-0.25, -0.2) is 0 Å². The molecule has 2 N–H and O–H groups in total. The van der Waals surface area contributed by atoms with Crippen molar-refractivity contribution in [3.8, 4) is 6.07 Å². The minimum atomic E-state index is -0.00759. The van der Waals surface area contributed by atoms with E-state index in [0.29, 0.717) is 23.7 Å². The third-order valence-corrected chi connectivity index (χ3v) is 3.60. The van der Waals surface area contributed by atoms with Gasteiger partial charge in [-0.05, 0) is 25.0 Å². The number of benzene rings is 1. The molecule has 4 heteroatoms. The lowest BCUT2D eigenvalue weighted by Gasteiger charge is -2.27. The Balaban J connectivity index is 1.92. The predicted octanol–water partition coefficient (Wildman–Crippen LogP) is 0.812. The number of nitrogens with zero attached hydrogens (tertiary/aromatic N) is 1. The highest BCUT2D eigenvalue weighted by molar-refractivity contribution is 5.92. The lowest BCUT2D eigenvalue weighted by molar-refractivity contribution is -0.900. The average molecular weight is 258 g/mol. The number of carbonyl (C=O) groups is 1. The van der Waals surface area contributed by atoms with Gasteiger partial charge in [-0.2, -0.15) is 5.26 Å². The number of likely N-dealkylation sites (tertiary alicyclic amines) is 1. The molecule has 1 aliphatic rings. The zero-order valence-electron chi connectivity index (χ0n) is 11.3. The van der Waals surface area contributed by atoms with E-state index < -0.39 is 0 Å². The standard InChI is InChI=1S/C15H19N3O/c1-12-5-4-8-18(10-12)11-15(19)17-14-7-3-2-6-13(14)9-16/h2-3,6-7,12H,4-5,8,10-11H2,1H3,(H,17,19)/p+1/t12-/m1/s1. The molecule has 0 aromatic heterocycles. The number of hydrogen-bond donors (Lipinski definition) is 2. The van der Waals surface area contributed by atoms with E-state index in [1.807, 2.05) is 6.07 Å². The molecule has 100 valence electrons. The fraction of sp³-hybridized carbons (Fsp3) is 0.467. The van der Waals surface area contributed by atoms with Crippen molar-refractivity contribution in [1.29, 1.82) is 5.26 Å². The third kappa shape index (κ3) is 3.80. The van der Waals surface area contributed by atoms with Crippen LogP contribution < -0.4 is 10.2 Å². The van der Waals surface area contributed by atoms with Crippen LogP contribution in [-0.2, 0) is 4.79 Å². The molecule has 19 heavy (non-hydrogen) atoms. The lowest BCUT2D eigenvalue weighted by atomic mass is 10.0. The number of carbonyl (C=O) groups excluding carboxylic acids is 1. The van der Waals surface area contributed by atoms with Crippen LogP contribution >= 0.6 is 0 Å². The summed E-state index contributed by atoms with van der Waals surface area (Å²) in [6, 6.07) is 9.20. The summed E-state index contributed by atoms with van der Waals surface area (Å²) in [5, 5.41) is 11.8. The van der Waals surface area contributed by atoms with E-state index in [2.05, 4.69) is 18.3 Å². The summed E-state index contributed by atoms with van der Waals surface area (Å²) >= 11 is 0. The zero-order chi connectivity index (χ0) is 13.7. The van der Waals surface area contributed by atoms with E-state index >= 15 is 0 Å². The lowest BCUT2D eigenvalue weighted by Crippen LogP contribution is -3.14. The van der Waals surface area contributed by atoms with Gasteiger partial charge in [-0.1, -0.05) is 19.1 Å². The van der Waals surface area contributed by atoms with Crippen molar-refractivity contribution in [2.24, 2.45) is 5.92 Å². The maximum atomic E-state index is 12.0. The quantitative estimate of drug-likeness (QED) is 0.843. The molecular formula is C15H20N3O+. The summed E-state index contributed by atoms with van der Waals surface area (Å²) in [5.41, 5.74) is 1.12. The topological polar surface area (TPSA) is 57.3 Å². The van der Waals surface area contributed by atoms with Crippen LogP contribution in [0.5, 0.6) is 0 Å². The minimum Gasteiger partial charge on any atom is -0.327 e. The summed E-state index contributed by atoms with van der Waals surface area (Å²) in [7, 11) is 0. The number of hydrogen-bond acceptors (Lipinski definition) is 2. The van der Waals surface area contributed by atoms with E-state index in [1.54, 1.807) is 18.2 Å². The van der Waals surface area contributed by atoms with Crippen LogP contribution in [0.3, 0.4) is 0 Å². The summed E-state index contributed by atoms with van der Waals surface area (Å²) < 4.78 is 0. The van der Waals surface area contributed by atoms with Crippen LogP contribution in [0.1, 0.15) is 25.3 Å². The molecule has 1 amide bonds. The van der Waals surface area contributed by atoms with Gasteiger partial charge in [-0.15, -0.1) is 0 Å². The predicted molar refractivity (Wildman–Crippen MR) is 73.7 cm³/mol. The highest BCUT2D eigenvalue weighted by atomic mass is 16.2. The van der Waals surface area contributed by atoms with Crippen molar-refractivity contribution in [3.63, 3.8) is 0 Å². The smallest absolute Gasteiger partial charge is 0.279 e. The van der Waals surface area contributed by atoms with Crippen LogP contribution in [0.2, 0.25) is 0 Å². The van der Waals surface area contributed by atoms with Crippen molar-refractivity contribution >= 4 is 11.6 Å². The van der Waals surface area contributed by atoms with Crippen molar-refractivity contribution in [2.45, 2.75) is 19.8 Å². The third-order valence-electron chi connectivity index (χ3n) is 3.60. The Morgan fingerprint density at radius 1 is 1.53 bits per heavy atom. The van der Waals surface area contributed by atoms with Crippen molar-refractivity contribution in [3.05, 3.63) is 29.8 Å². The molecule has 4 nitrogen and oxygen atoms in total. The van der Waals surface area contributed by atoms with Crippen molar-refractivity contribution < 1.29 is 9.69 Å². The average Bonchev–Trinajstić information content (AvgIpc) is 2.39. The van der Waals surface area contributed by atoms with Crippen LogP contribution in [0.4, 0.5) is 5.69 Å². The van der Waals surface area contributed by atoms with Crippen molar-refractivity contribution in [1.82, 2.24) is 0 Å². The number of amides is 1. The van der Waals surface area contributed by atoms with Gasteiger partial charge in [0.15, 0.2) is 6.54 Å². The Labute approximate surface area is 114 Å². The van der Waals surface area contributed by atoms with Gasteiger partial charge in [0, 0.05) is 5.92 Å². The van der Waals surface area contributed by atoms with Crippen LogP contribution in [0.25, 0.3) is 0 Å². The zero-order valence-corrected chi connectivity index (χ0v) is 11.3. The van der Waals surface area contributed by atoms with Gasteiger partial charge in [0.25, 0.3) is 5.91 Å². The number of quaternary nitrogens is 1.